The van der Waals surface area contributed by atoms with Crippen molar-refractivity contribution in [1.82, 2.24) is 24.1 Å². The molecule has 10 heteroatoms. The van der Waals surface area contributed by atoms with Crippen LogP contribution in [0.25, 0.3) is 16.7 Å². The van der Waals surface area contributed by atoms with Gasteiger partial charge in [0.1, 0.15) is 5.75 Å². The number of aromatic nitrogens is 4. The first-order chi connectivity index (χ1) is 16.6. The van der Waals surface area contributed by atoms with E-state index < -0.39 is 0 Å². The molecular weight excluding hydrogens is 454 g/mol. The molecule has 0 aliphatic carbocycles. The number of hydrogen-bond acceptors (Lipinski definition) is 7. The summed E-state index contributed by atoms with van der Waals surface area (Å²) in [5, 5.41) is 9.52. The third-order valence-corrected chi connectivity index (χ3v) is 6.98. The quantitative estimate of drug-likeness (QED) is 0.392. The van der Waals surface area contributed by atoms with Crippen LogP contribution in [0, 0.1) is 0 Å². The normalized spacial score (nSPS) is 15.1. The summed E-state index contributed by atoms with van der Waals surface area (Å²) >= 11 is 1.34. The molecule has 1 saturated heterocycles. The number of methoxy groups -OCH3 is 1. The maximum absolute atomic E-state index is 13.5. The molecule has 3 heterocycles. The summed E-state index contributed by atoms with van der Waals surface area (Å²) in [5.74, 6) is 1.15. The van der Waals surface area contributed by atoms with E-state index in [0.717, 1.165) is 5.56 Å². The van der Waals surface area contributed by atoms with Crippen molar-refractivity contribution in [3.05, 3.63) is 64.4 Å². The Hall–Kier alpha value is -3.37. The molecule has 1 unspecified atom stereocenters. The Labute approximate surface area is 200 Å². The smallest absolute Gasteiger partial charge is 0.263 e. The standard InChI is InChI=1S/C24H25N5O4S/c1-16(21(30)27-11-13-33-14-12-27)34-24-26-25-23-28(15-17-7-3-6-10-20(17)32-2)22(31)18-8-4-5-9-19(18)29(23)24/h3-10,16H,11-15H2,1-2H3. The molecule has 1 amide bonds. The van der Waals surface area contributed by atoms with Crippen LogP contribution >= 0.6 is 11.8 Å². The Morgan fingerprint density at radius 3 is 2.65 bits per heavy atom. The number of benzene rings is 2. The molecule has 0 radical (unpaired) electrons. The second kappa shape index (κ2) is 9.47. The number of nitrogens with zero attached hydrogens (tertiary/aromatic N) is 5. The molecule has 1 fully saturated rings. The number of thioether (sulfide) groups is 1. The summed E-state index contributed by atoms with van der Waals surface area (Å²) in [7, 11) is 1.61. The molecule has 9 nitrogen and oxygen atoms in total. The largest absolute Gasteiger partial charge is 0.496 e. The SMILES string of the molecule is COc1ccccc1Cn1c(=O)c2ccccc2n2c(SC(C)C(=O)N3CCOCC3)nnc12. The van der Waals surface area contributed by atoms with Crippen molar-refractivity contribution in [2.24, 2.45) is 0 Å². The lowest BCUT2D eigenvalue weighted by Crippen LogP contribution is -2.44. The Balaban J connectivity index is 1.59. The molecule has 0 bridgehead atoms. The molecule has 176 valence electrons. The topological polar surface area (TPSA) is 91.0 Å². The second-order valence-corrected chi connectivity index (χ2v) is 9.34. The van der Waals surface area contributed by atoms with E-state index >= 15 is 0 Å². The maximum Gasteiger partial charge on any atom is 0.263 e. The predicted octanol–water partition coefficient (Wildman–Crippen LogP) is 2.44. The molecule has 5 rings (SSSR count). The average Bonchev–Trinajstić information content (AvgIpc) is 3.30. The Morgan fingerprint density at radius 1 is 1.12 bits per heavy atom. The molecule has 4 aromatic rings. The fraction of sp³-hybridized carbons (Fsp3) is 0.333. The number of morpholine rings is 1. The minimum atomic E-state index is -0.362. The van der Waals surface area contributed by atoms with Crippen LogP contribution in [0.3, 0.4) is 0 Å². The van der Waals surface area contributed by atoms with Crippen molar-refractivity contribution in [2.75, 3.05) is 33.4 Å². The van der Waals surface area contributed by atoms with Crippen molar-refractivity contribution in [1.29, 1.82) is 0 Å². The van der Waals surface area contributed by atoms with E-state index in [1.165, 1.54) is 11.8 Å². The number of hydrogen-bond donors (Lipinski definition) is 0. The molecule has 1 aliphatic rings. The number of amides is 1. The van der Waals surface area contributed by atoms with Crippen molar-refractivity contribution in [3.8, 4) is 5.75 Å². The molecule has 0 N–H and O–H groups in total. The molecular formula is C24H25N5O4S. The van der Waals surface area contributed by atoms with Gasteiger partial charge in [0.25, 0.3) is 5.56 Å². The van der Waals surface area contributed by atoms with Gasteiger partial charge in [0.2, 0.25) is 11.7 Å². The van der Waals surface area contributed by atoms with Gasteiger partial charge in [-0.25, -0.2) is 0 Å². The summed E-state index contributed by atoms with van der Waals surface area (Å²) in [6.45, 7) is 4.43. The third-order valence-electron chi connectivity index (χ3n) is 5.95. The molecule has 1 aliphatic heterocycles. The Morgan fingerprint density at radius 2 is 1.85 bits per heavy atom. The average molecular weight is 480 g/mol. The molecule has 0 spiro atoms. The number of rotatable bonds is 6. The van der Waals surface area contributed by atoms with Gasteiger partial charge in [-0.15, -0.1) is 10.2 Å². The van der Waals surface area contributed by atoms with Crippen molar-refractivity contribution in [2.45, 2.75) is 23.9 Å². The van der Waals surface area contributed by atoms with E-state index in [-0.39, 0.29) is 23.3 Å². The van der Waals surface area contributed by atoms with E-state index in [2.05, 4.69) is 10.2 Å². The highest BCUT2D eigenvalue weighted by Crippen LogP contribution is 2.27. The van der Waals surface area contributed by atoms with Crippen molar-refractivity contribution < 1.29 is 14.3 Å². The van der Waals surface area contributed by atoms with Gasteiger partial charge < -0.3 is 14.4 Å². The third kappa shape index (κ3) is 4.03. The van der Waals surface area contributed by atoms with Gasteiger partial charge in [0, 0.05) is 18.7 Å². The predicted molar refractivity (Wildman–Crippen MR) is 130 cm³/mol. The monoisotopic (exact) mass is 479 g/mol. The minimum Gasteiger partial charge on any atom is -0.496 e. The van der Waals surface area contributed by atoms with Crippen molar-refractivity contribution in [3.63, 3.8) is 0 Å². The van der Waals surface area contributed by atoms with Gasteiger partial charge >= 0.3 is 0 Å². The van der Waals surface area contributed by atoms with E-state index in [0.29, 0.717) is 53.9 Å². The van der Waals surface area contributed by atoms with E-state index in [1.54, 1.807) is 17.7 Å². The lowest BCUT2D eigenvalue weighted by atomic mass is 10.2. The fourth-order valence-electron chi connectivity index (χ4n) is 4.21. The number of carbonyl (C=O) groups excluding carboxylic acids is 1. The van der Waals surface area contributed by atoms with Gasteiger partial charge in [-0.1, -0.05) is 42.1 Å². The van der Waals surface area contributed by atoms with E-state index in [9.17, 15) is 9.59 Å². The van der Waals surface area contributed by atoms with E-state index in [1.807, 2.05) is 58.7 Å². The summed E-state index contributed by atoms with van der Waals surface area (Å²) in [6.07, 6.45) is 0. The number of fused-ring (bicyclic) bond motifs is 3. The maximum atomic E-state index is 13.5. The van der Waals surface area contributed by atoms with Crippen LogP contribution in [0.4, 0.5) is 0 Å². The highest BCUT2D eigenvalue weighted by molar-refractivity contribution is 8.00. The first-order valence-corrected chi connectivity index (χ1v) is 12.0. The highest BCUT2D eigenvalue weighted by Gasteiger charge is 2.26. The van der Waals surface area contributed by atoms with E-state index in [4.69, 9.17) is 9.47 Å². The molecule has 1 atom stereocenters. The van der Waals surface area contributed by atoms with Crippen LogP contribution in [-0.2, 0) is 16.1 Å². The van der Waals surface area contributed by atoms with Gasteiger partial charge in [-0.2, -0.15) is 0 Å². The van der Waals surface area contributed by atoms with Gasteiger partial charge in [-0.05, 0) is 25.1 Å². The number of carbonyl (C=O) groups is 1. The first kappa shape index (κ1) is 22.4. The first-order valence-electron chi connectivity index (χ1n) is 11.1. The van der Waals surface area contributed by atoms with Crippen LogP contribution in [0.15, 0.2) is 58.5 Å². The van der Waals surface area contributed by atoms with Crippen LogP contribution in [0.1, 0.15) is 12.5 Å². The fourth-order valence-corrected chi connectivity index (χ4v) is 5.15. The van der Waals surface area contributed by atoms with Crippen LogP contribution < -0.4 is 10.3 Å². The number of ether oxygens (including phenoxy) is 2. The molecule has 0 saturated carbocycles. The van der Waals surface area contributed by atoms with Crippen LogP contribution in [0.2, 0.25) is 0 Å². The van der Waals surface area contributed by atoms with Crippen molar-refractivity contribution >= 4 is 34.3 Å². The van der Waals surface area contributed by atoms with Gasteiger partial charge in [0.05, 0.1) is 43.0 Å². The van der Waals surface area contributed by atoms with Gasteiger partial charge in [0.15, 0.2) is 5.16 Å². The Bertz CT molecular complexity index is 1410. The summed E-state index contributed by atoms with van der Waals surface area (Å²) in [6, 6.07) is 15.0. The minimum absolute atomic E-state index is 0.0386. The molecule has 34 heavy (non-hydrogen) atoms. The Kier molecular flexibility index (Phi) is 6.25. The zero-order valence-corrected chi connectivity index (χ0v) is 19.8. The lowest BCUT2D eigenvalue weighted by molar-refractivity contribution is -0.134. The molecule has 2 aromatic heterocycles. The lowest BCUT2D eigenvalue weighted by Gasteiger charge is -2.28. The zero-order valence-electron chi connectivity index (χ0n) is 19.0. The number of para-hydroxylation sites is 2. The highest BCUT2D eigenvalue weighted by atomic mass is 32.2. The van der Waals surface area contributed by atoms with Crippen LogP contribution in [-0.4, -0.2) is 68.6 Å². The second-order valence-electron chi connectivity index (χ2n) is 8.04. The summed E-state index contributed by atoms with van der Waals surface area (Å²) in [5.41, 5.74) is 1.41. The summed E-state index contributed by atoms with van der Waals surface area (Å²) in [4.78, 5) is 28.3. The van der Waals surface area contributed by atoms with Crippen LogP contribution in [0.5, 0.6) is 5.75 Å². The summed E-state index contributed by atoms with van der Waals surface area (Å²) < 4.78 is 14.3. The van der Waals surface area contributed by atoms with Gasteiger partial charge in [-0.3, -0.25) is 18.6 Å². The zero-order chi connectivity index (χ0) is 23.7. The molecule has 2 aromatic carbocycles.